The van der Waals surface area contributed by atoms with Crippen LogP contribution in [0.2, 0.25) is 0 Å². The number of nitrogens with zero attached hydrogens (tertiary/aromatic N) is 8. The first-order valence-corrected chi connectivity index (χ1v) is 17.9. The molecule has 0 saturated carbocycles. The van der Waals surface area contributed by atoms with Crippen molar-refractivity contribution in [3.8, 4) is 23.0 Å². The van der Waals surface area contributed by atoms with Crippen LogP contribution in [0.15, 0.2) is 97.3 Å². The molecule has 0 radical (unpaired) electrons. The Morgan fingerprint density at radius 1 is 0.600 bits per heavy atom. The Morgan fingerprint density at radius 2 is 1.03 bits per heavy atom. The number of nitrogens with one attached hydrogen (secondary N) is 2. The predicted molar refractivity (Wildman–Crippen MR) is 214 cm³/mol. The number of Topliss-reactive ketones (excluding diaryl/α,β-unsaturated/α-hetero) is 1. The van der Waals surface area contributed by atoms with Crippen molar-refractivity contribution in [3.05, 3.63) is 143 Å². The monoisotopic (exact) mass is 826 g/mol. The van der Waals surface area contributed by atoms with Gasteiger partial charge in [-0.2, -0.15) is 10.2 Å². The second-order valence-corrected chi connectivity index (χ2v) is 13.0. The number of halogens is 6. The number of hydrogen-bond acceptors (Lipinski definition) is 10. The number of hydrogen-bond donors (Lipinski definition) is 3. The van der Waals surface area contributed by atoms with Crippen LogP contribution < -0.4 is 10.6 Å². The van der Waals surface area contributed by atoms with Gasteiger partial charge in [-0.15, -0.1) is 0 Å². The quantitative estimate of drug-likeness (QED) is 0.104. The number of carbonyl (C=O) groups is 1. The molecule has 4 heterocycles. The molecule has 0 aliphatic rings. The van der Waals surface area contributed by atoms with Gasteiger partial charge in [-0.3, -0.25) is 14.2 Å². The van der Waals surface area contributed by atoms with Crippen molar-refractivity contribution in [2.45, 2.75) is 27.4 Å². The van der Waals surface area contributed by atoms with E-state index in [1.165, 1.54) is 52.7 Å². The van der Waals surface area contributed by atoms with E-state index < -0.39 is 34.9 Å². The summed E-state index contributed by atoms with van der Waals surface area (Å²) in [6, 6.07) is 21.2. The highest BCUT2D eigenvalue weighted by atomic mass is 19.1. The van der Waals surface area contributed by atoms with Crippen LogP contribution >= 0.6 is 0 Å². The van der Waals surface area contributed by atoms with Crippen LogP contribution in [-0.4, -0.2) is 70.1 Å². The molecule has 60 heavy (non-hydrogen) atoms. The largest absolute Gasteiger partial charge is 0.395 e. The van der Waals surface area contributed by atoms with Crippen molar-refractivity contribution in [3.63, 3.8) is 0 Å². The molecule has 0 saturated heterocycles. The summed E-state index contributed by atoms with van der Waals surface area (Å²) >= 11 is 0. The molecule has 18 heteroatoms. The van der Waals surface area contributed by atoms with Crippen LogP contribution in [0.25, 0.3) is 44.8 Å². The number of aromatic nitrogens is 8. The summed E-state index contributed by atoms with van der Waals surface area (Å²) in [6.07, 6.45) is 1.93. The number of carbonyl (C=O) groups excluding carboxylic acids is 1. The predicted octanol–water partition coefficient (Wildman–Crippen LogP) is 7.96. The van der Waals surface area contributed by atoms with E-state index in [1.54, 1.807) is 48.5 Å². The summed E-state index contributed by atoms with van der Waals surface area (Å²) in [5.74, 6) is -3.70. The SMILES string of the molecule is C.CC(=O)CNc1nc(-c2nn(Cc3ccccc3F)c3c(F)cccc23)ncc1F.OCCNc1nc(-c2nn(Cc3ccccc3F)c3c(F)cccc23)ncc1F. The molecule has 12 nitrogen and oxygen atoms in total. The van der Waals surface area contributed by atoms with E-state index in [1.807, 2.05) is 0 Å². The third kappa shape index (κ3) is 9.07. The summed E-state index contributed by atoms with van der Waals surface area (Å²) in [4.78, 5) is 27.4. The Labute approximate surface area is 338 Å². The Balaban J connectivity index is 0.000000198. The van der Waals surface area contributed by atoms with Gasteiger partial charge in [0.1, 0.15) is 51.5 Å². The van der Waals surface area contributed by atoms with E-state index in [2.05, 4.69) is 40.8 Å². The number of benzene rings is 4. The van der Waals surface area contributed by atoms with Gasteiger partial charge >= 0.3 is 0 Å². The molecule has 0 bridgehead atoms. The van der Waals surface area contributed by atoms with Crippen molar-refractivity contribution in [2.24, 2.45) is 0 Å². The Kier molecular flexibility index (Phi) is 13.1. The van der Waals surface area contributed by atoms with Crippen LogP contribution in [0, 0.1) is 34.9 Å². The third-order valence-electron chi connectivity index (χ3n) is 8.82. The molecule has 0 amide bonds. The number of aliphatic hydroxyl groups is 1. The summed E-state index contributed by atoms with van der Waals surface area (Å²) in [6.45, 7) is 1.13. The summed E-state index contributed by atoms with van der Waals surface area (Å²) < 4.78 is 88.0. The normalized spacial score (nSPS) is 10.9. The molecular formula is C42H36F6N10O2. The molecule has 8 aromatic rings. The Hall–Kier alpha value is -7.21. The average Bonchev–Trinajstić information content (AvgIpc) is 3.79. The molecule has 3 N–H and O–H groups in total. The lowest BCUT2D eigenvalue weighted by molar-refractivity contribution is -0.115. The maximum absolute atomic E-state index is 14.6. The first-order chi connectivity index (χ1) is 28.5. The zero-order chi connectivity index (χ0) is 41.6. The van der Waals surface area contributed by atoms with Crippen molar-refractivity contribution in [2.75, 3.05) is 30.3 Å². The van der Waals surface area contributed by atoms with Crippen LogP contribution in [0.4, 0.5) is 38.0 Å². The number of rotatable bonds is 12. The fraction of sp³-hybridized carbons (Fsp3) is 0.167. The maximum atomic E-state index is 14.6. The zero-order valence-corrected chi connectivity index (χ0v) is 31.0. The van der Waals surface area contributed by atoms with Crippen LogP contribution in [0.1, 0.15) is 25.5 Å². The Bertz CT molecular complexity index is 2810. The van der Waals surface area contributed by atoms with Gasteiger partial charge in [-0.05, 0) is 31.2 Å². The fourth-order valence-corrected chi connectivity index (χ4v) is 6.11. The number of para-hydroxylation sites is 2. The highest BCUT2D eigenvalue weighted by Crippen LogP contribution is 2.31. The summed E-state index contributed by atoms with van der Waals surface area (Å²) in [7, 11) is 0. The summed E-state index contributed by atoms with van der Waals surface area (Å²) in [5.41, 5.74) is 1.46. The summed E-state index contributed by atoms with van der Waals surface area (Å²) in [5, 5.41) is 23.8. The Morgan fingerprint density at radius 3 is 1.47 bits per heavy atom. The highest BCUT2D eigenvalue weighted by molar-refractivity contribution is 5.93. The van der Waals surface area contributed by atoms with Gasteiger partial charge in [0.15, 0.2) is 34.9 Å². The van der Waals surface area contributed by atoms with Gasteiger partial charge in [0.25, 0.3) is 0 Å². The van der Waals surface area contributed by atoms with Crippen molar-refractivity contribution < 1.29 is 36.2 Å². The van der Waals surface area contributed by atoms with Crippen molar-refractivity contribution in [1.29, 1.82) is 0 Å². The molecule has 8 rings (SSSR count). The van der Waals surface area contributed by atoms with Crippen LogP contribution in [0.5, 0.6) is 0 Å². The zero-order valence-electron chi connectivity index (χ0n) is 31.0. The number of aliphatic hydroxyl groups excluding tert-OH is 1. The van der Waals surface area contributed by atoms with Crippen LogP contribution in [-0.2, 0) is 17.9 Å². The third-order valence-corrected chi connectivity index (χ3v) is 8.82. The first-order valence-electron chi connectivity index (χ1n) is 17.9. The smallest absolute Gasteiger partial charge is 0.183 e. The van der Waals surface area contributed by atoms with E-state index in [0.29, 0.717) is 21.9 Å². The van der Waals surface area contributed by atoms with Gasteiger partial charge in [-0.1, -0.05) is 68.1 Å². The molecule has 0 aliphatic carbocycles. The lowest BCUT2D eigenvalue weighted by Gasteiger charge is -2.06. The second kappa shape index (κ2) is 18.6. The van der Waals surface area contributed by atoms with Gasteiger partial charge in [-0.25, -0.2) is 46.3 Å². The molecule has 0 spiro atoms. The number of ketones is 1. The minimum Gasteiger partial charge on any atom is -0.395 e. The standard InChI is InChI=1S/C21H16F3N5O.C20H16F3N5O.CH4/c1-12(30)9-25-20-17(24)10-26-21(27-20)18-14-6-4-8-16(23)19(14)29(28-18)11-13-5-2-3-7-15(13)22;21-14-6-2-1-4-12(14)11-28-18-13(5-3-7-15(18)22)17(27-28)20-25-10-16(23)19(26-20)24-8-9-29;/h2-8,10H,9,11H2,1H3,(H,25,26,27);1-7,10,29H,8-9,11H2,(H,24,25,26);1H4. The van der Waals surface area contributed by atoms with E-state index >= 15 is 0 Å². The lowest BCUT2D eigenvalue weighted by Crippen LogP contribution is -2.13. The lowest BCUT2D eigenvalue weighted by atomic mass is 10.2. The van der Waals surface area contributed by atoms with Crippen LogP contribution in [0.3, 0.4) is 0 Å². The second-order valence-electron chi connectivity index (χ2n) is 13.0. The average molecular weight is 827 g/mol. The number of anilines is 2. The topological polar surface area (TPSA) is 149 Å². The van der Waals surface area contributed by atoms with E-state index in [4.69, 9.17) is 5.11 Å². The minimum atomic E-state index is -0.735. The molecular weight excluding hydrogens is 791 g/mol. The van der Waals surface area contributed by atoms with Gasteiger partial charge in [0.2, 0.25) is 0 Å². The molecule has 4 aromatic heterocycles. The van der Waals surface area contributed by atoms with Gasteiger partial charge < -0.3 is 15.7 Å². The van der Waals surface area contributed by atoms with E-state index in [0.717, 1.165) is 12.4 Å². The molecule has 4 aromatic carbocycles. The molecule has 0 aliphatic heterocycles. The molecule has 0 fully saturated rings. The first kappa shape index (κ1) is 42.4. The number of fused-ring (bicyclic) bond motifs is 2. The van der Waals surface area contributed by atoms with E-state index in [9.17, 15) is 31.1 Å². The van der Waals surface area contributed by atoms with Gasteiger partial charge in [0, 0.05) is 28.4 Å². The minimum absolute atomic E-state index is 0. The molecule has 308 valence electrons. The van der Waals surface area contributed by atoms with Crippen molar-refractivity contribution >= 4 is 39.2 Å². The van der Waals surface area contributed by atoms with Gasteiger partial charge in [0.05, 0.1) is 38.6 Å². The maximum Gasteiger partial charge on any atom is 0.183 e. The highest BCUT2D eigenvalue weighted by Gasteiger charge is 2.22. The van der Waals surface area contributed by atoms with Crippen molar-refractivity contribution in [1.82, 2.24) is 39.5 Å². The van der Waals surface area contributed by atoms with E-state index in [-0.39, 0.29) is 91.7 Å². The molecule has 0 unspecified atom stereocenters. The fourth-order valence-electron chi connectivity index (χ4n) is 6.11. The molecule has 0 atom stereocenters.